The average molecular weight is 516 g/mol. The molecule has 0 fully saturated rings. The van der Waals surface area contributed by atoms with Crippen LogP contribution in [0.15, 0.2) is 0 Å². The van der Waals surface area contributed by atoms with Gasteiger partial charge in [0.05, 0.1) is 6.26 Å². The molecule has 0 bridgehead atoms. The van der Waals surface area contributed by atoms with Gasteiger partial charge in [-0.25, -0.2) is 8.42 Å². The predicted octanol–water partition coefficient (Wildman–Crippen LogP) is 5.14. The fourth-order valence-corrected chi connectivity index (χ4v) is 3.12. The van der Waals surface area contributed by atoms with Crippen molar-refractivity contribution in [2.45, 2.75) is 81.4 Å². The second-order valence-corrected chi connectivity index (χ2v) is 11.7. The van der Waals surface area contributed by atoms with Crippen molar-refractivity contribution in [1.29, 1.82) is 0 Å². The Bertz CT molecular complexity index is 684. The van der Waals surface area contributed by atoms with E-state index in [1.807, 2.05) is 0 Å². The molecule has 0 aromatic rings. The fraction of sp³-hybridized carbons (Fsp3) is 0.938. The van der Waals surface area contributed by atoms with Crippen molar-refractivity contribution in [2.24, 2.45) is 0 Å². The molecule has 0 aliphatic heterocycles. The quantitative estimate of drug-likeness (QED) is 0.184. The van der Waals surface area contributed by atoms with Crippen LogP contribution in [-0.4, -0.2) is 58.8 Å². The summed E-state index contributed by atoms with van der Waals surface area (Å²) in [5, 5.41) is -7.11. The van der Waals surface area contributed by atoms with E-state index in [1.165, 1.54) is 12.8 Å². The smallest absolute Gasteiger partial charge is 0.460 e. The summed E-state index contributed by atoms with van der Waals surface area (Å²) in [5.41, 5.74) is 0. The summed E-state index contributed by atoms with van der Waals surface area (Å²) in [7, 11) is -7.19. The summed E-state index contributed by atoms with van der Waals surface area (Å²) in [5.74, 6) is -13.6. The lowest BCUT2D eigenvalue weighted by molar-refractivity contribution is -0.382. The van der Waals surface area contributed by atoms with E-state index in [9.17, 15) is 57.3 Å². The third kappa shape index (κ3) is 8.63. The van der Waals surface area contributed by atoms with Crippen molar-refractivity contribution in [3.63, 3.8) is 0 Å². The zero-order chi connectivity index (χ0) is 25.7. The van der Waals surface area contributed by atoms with Gasteiger partial charge in [0.2, 0.25) is 0 Å². The van der Waals surface area contributed by atoms with Gasteiger partial charge in [0.25, 0.3) is 0 Å². The molecule has 15 heteroatoms. The van der Waals surface area contributed by atoms with E-state index in [0.717, 1.165) is 18.6 Å². The van der Waals surface area contributed by atoms with E-state index >= 15 is 0 Å². The number of halogens is 9. The predicted molar refractivity (Wildman–Crippen MR) is 97.7 cm³/mol. The second-order valence-electron chi connectivity index (χ2n) is 7.51. The first kappa shape index (κ1) is 32.5. The fourth-order valence-electron chi connectivity index (χ4n) is 1.62. The maximum Gasteiger partial charge on any atom is 0.460 e. The lowest BCUT2D eigenvalue weighted by Gasteiger charge is -2.34. The standard InChI is InChI=1S/C12H25OS.C4HF9O3S/c1-6-7-8-9-11(13)10-14(5)12(2,3)4;5-1(6,3(9,10)11)2(7,8)4(12,13)17(14,15)16/h6-10H2,1-5H3;(H,14,15,16)/q+1;/p-1. The van der Waals surface area contributed by atoms with Crippen LogP contribution in [0.4, 0.5) is 39.5 Å². The second kappa shape index (κ2) is 10.9. The highest BCUT2D eigenvalue weighted by molar-refractivity contribution is 7.98. The van der Waals surface area contributed by atoms with Crippen LogP contribution >= 0.6 is 0 Å². The van der Waals surface area contributed by atoms with Crippen LogP contribution in [0.5, 0.6) is 0 Å². The number of Topliss-reactive ketones (excluding diaryl/α,β-unsaturated/α-hetero) is 1. The van der Waals surface area contributed by atoms with E-state index in [4.69, 9.17) is 0 Å². The number of hydrogen-bond acceptors (Lipinski definition) is 4. The molecule has 1 atom stereocenters. The number of unbranched alkanes of at least 4 members (excludes halogenated alkanes) is 2. The number of carbonyl (C=O) groups excluding carboxylic acids is 1. The summed E-state index contributed by atoms with van der Waals surface area (Å²) < 4.78 is 136. The van der Waals surface area contributed by atoms with Gasteiger partial charge in [-0.05, 0) is 38.1 Å². The summed E-state index contributed by atoms with van der Waals surface area (Å²) >= 11 is 0. The molecule has 0 spiro atoms. The summed E-state index contributed by atoms with van der Waals surface area (Å²) in [6.45, 7) is 8.82. The topological polar surface area (TPSA) is 74.3 Å². The lowest BCUT2D eigenvalue weighted by Crippen LogP contribution is -2.63. The molecule has 0 heterocycles. The normalized spacial score (nSPS) is 15.2. The molecule has 0 aliphatic carbocycles. The highest BCUT2D eigenvalue weighted by Gasteiger charge is 2.83. The minimum absolute atomic E-state index is 0.228. The molecule has 188 valence electrons. The van der Waals surface area contributed by atoms with Gasteiger partial charge in [-0.1, -0.05) is 19.8 Å². The van der Waals surface area contributed by atoms with Crippen molar-refractivity contribution in [1.82, 2.24) is 0 Å². The first-order valence-electron chi connectivity index (χ1n) is 8.67. The van der Waals surface area contributed by atoms with Crippen LogP contribution in [0, 0.1) is 0 Å². The molecule has 0 aromatic carbocycles. The van der Waals surface area contributed by atoms with E-state index in [-0.39, 0.29) is 10.9 Å². The Balaban J connectivity index is 0. The zero-order valence-corrected chi connectivity index (χ0v) is 19.0. The van der Waals surface area contributed by atoms with Gasteiger partial charge in [0.15, 0.2) is 21.7 Å². The molecule has 0 N–H and O–H groups in total. The number of hydrogen-bond donors (Lipinski definition) is 0. The van der Waals surface area contributed by atoms with Crippen LogP contribution in [0.2, 0.25) is 0 Å². The van der Waals surface area contributed by atoms with Crippen molar-refractivity contribution in [3.8, 4) is 0 Å². The van der Waals surface area contributed by atoms with E-state index in [2.05, 4.69) is 34.0 Å². The Labute approximate surface area is 178 Å². The molecule has 0 aromatic heterocycles. The van der Waals surface area contributed by atoms with Gasteiger partial charge >= 0.3 is 23.3 Å². The minimum Gasteiger partial charge on any atom is -0.743 e. The molecule has 0 amide bonds. The lowest BCUT2D eigenvalue weighted by atomic mass is 10.1. The third-order valence-electron chi connectivity index (χ3n) is 3.91. The molecule has 31 heavy (non-hydrogen) atoms. The first-order chi connectivity index (χ1) is 13.4. The van der Waals surface area contributed by atoms with Gasteiger partial charge in [-0.15, -0.1) is 0 Å². The van der Waals surface area contributed by atoms with Crippen molar-refractivity contribution >= 4 is 26.8 Å². The first-order valence-corrected chi connectivity index (χ1v) is 11.9. The number of ketones is 1. The maximum atomic E-state index is 12.2. The van der Waals surface area contributed by atoms with Crippen LogP contribution in [0.1, 0.15) is 53.4 Å². The van der Waals surface area contributed by atoms with E-state index < -0.39 is 33.4 Å². The minimum atomic E-state index is -7.43. The van der Waals surface area contributed by atoms with Gasteiger partial charge in [0.1, 0.15) is 4.75 Å². The van der Waals surface area contributed by atoms with Gasteiger partial charge < -0.3 is 4.55 Å². The molecule has 0 saturated carbocycles. The molecule has 0 rings (SSSR count). The van der Waals surface area contributed by atoms with Crippen LogP contribution in [-0.2, 0) is 25.8 Å². The Hall–Kier alpha value is -0.700. The van der Waals surface area contributed by atoms with Crippen molar-refractivity contribution in [3.05, 3.63) is 0 Å². The Morgan fingerprint density at radius 1 is 0.871 bits per heavy atom. The monoisotopic (exact) mass is 516 g/mol. The Kier molecular flexibility index (Phi) is 11.5. The Morgan fingerprint density at radius 2 is 1.29 bits per heavy atom. The van der Waals surface area contributed by atoms with Crippen LogP contribution < -0.4 is 0 Å². The number of rotatable bonds is 9. The highest BCUT2D eigenvalue weighted by atomic mass is 32.2. The van der Waals surface area contributed by atoms with Crippen LogP contribution in [0.3, 0.4) is 0 Å². The summed E-state index contributed by atoms with van der Waals surface area (Å²) in [4.78, 5) is 11.6. The van der Waals surface area contributed by atoms with Gasteiger partial charge in [0, 0.05) is 6.42 Å². The molecular formula is C16H25F9O4S2. The zero-order valence-electron chi connectivity index (χ0n) is 17.4. The van der Waals surface area contributed by atoms with Crippen molar-refractivity contribution in [2.75, 3.05) is 12.0 Å². The largest absolute Gasteiger partial charge is 0.743 e. The molecular weight excluding hydrogens is 491 g/mol. The van der Waals surface area contributed by atoms with E-state index in [1.54, 1.807) is 0 Å². The van der Waals surface area contributed by atoms with Gasteiger partial charge in [-0.3, -0.25) is 4.79 Å². The molecule has 0 radical (unpaired) electrons. The third-order valence-corrected chi connectivity index (χ3v) is 7.64. The summed E-state index contributed by atoms with van der Waals surface area (Å²) in [6, 6.07) is 0. The maximum absolute atomic E-state index is 12.2. The average Bonchev–Trinajstić information content (AvgIpc) is 2.52. The SMILES string of the molecule is CCCCCC(=O)C[S+](C)C(C)(C)C.O=S(=O)([O-])C(F)(F)C(F)(F)C(F)(F)C(F)(F)F. The molecule has 4 nitrogen and oxygen atoms in total. The Morgan fingerprint density at radius 3 is 1.58 bits per heavy atom. The van der Waals surface area contributed by atoms with Crippen LogP contribution in [0.25, 0.3) is 0 Å². The van der Waals surface area contributed by atoms with Gasteiger partial charge in [-0.2, -0.15) is 39.5 Å². The highest BCUT2D eigenvalue weighted by Crippen LogP contribution is 2.54. The molecule has 1 unspecified atom stereocenters. The van der Waals surface area contributed by atoms with E-state index in [0.29, 0.717) is 10.5 Å². The van der Waals surface area contributed by atoms with Crippen molar-refractivity contribution < 1.29 is 57.3 Å². The number of carbonyl (C=O) groups is 1. The molecule has 0 saturated heterocycles. The summed E-state index contributed by atoms with van der Waals surface area (Å²) in [6.07, 6.45) is -0.691. The molecule has 0 aliphatic rings. The number of alkyl halides is 9.